The van der Waals surface area contributed by atoms with E-state index in [2.05, 4.69) is 5.32 Å². The zero-order chi connectivity index (χ0) is 15.0. The standard InChI is InChI=1S/C15H26N2O3/c1-4-13(15(19)20-3)8-9-16-12(2)14(18)17-10-6-5-7-11-17/h8,12,16H,4-7,9-11H2,1-3H3. The number of esters is 1. The molecule has 0 aromatic rings. The highest BCUT2D eigenvalue weighted by atomic mass is 16.5. The van der Waals surface area contributed by atoms with Crippen molar-refractivity contribution in [2.45, 2.75) is 45.6 Å². The maximum absolute atomic E-state index is 12.2. The van der Waals surface area contributed by atoms with Gasteiger partial charge in [0.25, 0.3) is 0 Å². The van der Waals surface area contributed by atoms with Gasteiger partial charge in [-0.2, -0.15) is 0 Å². The van der Waals surface area contributed by atoms with Gasteiger partial charge in [-0.3, -0.25) is 4.79 Å². The maximum atomic E-state index is 12.2. The van der Waals surface area contributed by atoms with Gasteiger partial charge < -0.3 is 15.0 Å². The zero-order valence-corrected chi connectivity index (χ0v) is 12.8. The summed E-state index contributed by atoms with van der Waals surface area (Å²) < 4.78 is 4.69. The van der Waals surface area contributed by atoms with Crippen molar-refractivity contribution < 1.29 is 14.3 Å². The van der Waals surface area contributed by atoms with Crippen LogP contribution in [0.1, 0.15) is 39.5 Å². The van der Waals surface area contributed by atoms with Crippen LogP contribution in [0.2, 0.25) is 0 Å². The topological polar surface area (TPSA) is 58.6 Å². The third-order valence-corrected chi connectivity index (χ3v) is 3.64. The number of likely N-dealkylation sites (tertiary alicyclic amines) is 1. The summed E-state index contributed by atoms with van der Waals surface area (Å²) in [5.74, 6) is -0.154. The van der Waals surface area contributed by atoms with Crippen molar-refractivity contribution in [2.24, 2.45) is 0 Å². The summed E-state index contributed by atoms with van der Waals surface area (Å²) >= 11 is 0. The lowest BCUT2D eigenvalue weighted by atomic mass is 10.1. The number of nitrogens with zero attached hydrogens (tertiary/aromatic N) is 1. The van der Waals surface area contributed by atoms with Gasteiger partial charge in [0.2, 0.25) is 5.91 Å². The number of carbonyl (C=O) groups excluding carboxylic acids is 2. The molecule has 1 N–H and O–H groups in total. The number of hydrogen-bond acceptors (Lipinski definition) is 4. The van der Waals surface area contributed by atoms with Gasteiger partial charge in [0, 0.05) is 25.2 Å². The van der Waals surface area contributed by atoms with Gasteiger partial charge in [-0.05, 0) is 32.6 Å². The van der Waals surface area contributed by atoms with Gasteiger partial charge in [0.1, 0.15) is 0 Å². The number of rotatable bonds is 6. The number of piperidine rings is 1. The Balaban J connectivity index is 2.41. The number of amides is 1. The van der Waals surface area contributed by atoms with Crippen LogP contribution in [0.3, 0.4) is 0 Å². The van der Waals surface area contributed by atoms with Gasteiger partial charge in [0.15, 0.2) is 0 Å². The molecule has 0 aliphatic carbocycles. The molecule has 1 rings (SSSR count). The van der Waals surface area contributed by atoms with Crippen LogP contribution >= 0.6 is 0 Å². The van der Waals surface area contributed by atoms with Crippen LogP contribution in [-0.4, -0.2) is 49.6 Å². The van der Waals surface area contributed by atoms with E-state index in [-0.39, 0.29) is 17.9 Å². The Kier molecular flexibility index (Phi) is 7.30. The first-order chi connectivity index (χ1) is 9.60. The summed E-state index contributed by atoms with van der Waals surface area (Å²) in [6, 6.07) is -0.222. The fraction of sp³-hybridized carbons (Fsp3) is 0.733. The van der Waals surface area contributed by atoms with Crippen molar-refractivity contribution in [2.75, 3.05) is 26.7 Å². The molecule has 0 aromatic heterocycles. The molecule has 0 radical (unpaired) electrons. The minimum Gasteiger partial charge on any atom is -0.466 e. The normalized spacial score (nSPS) is 17.8. The van der Waals surface area contributed by atoms with E-state index >= 15 is 0 Å². The third kappa shape index (κ3) is 4.96. The molecule has 0 saturated carbocycles. The van der Waals surface area contributed by atoms with E-state index in [9.17, 15) is 9.59 Å². The average molecular weight is 282 g/mol. The van der Waals surface area contributed by atoms with E-state index in [1.807, 2.05) is 18.7 Å². The Morgan fingerprint density at radius 1 is 1.30 bits per heavy atom. The van der Waals surface area contributed by atoms with Crippen molar-refractivity contribution in [1.82, 2.24) is 10.2 Å². The quantitative estimate of drug-likeness (QED) is 0.592. The van der Waals surface area contributed by atoms with Crippen molar-refractivity contribution in [3.05, 3.63) is 11.6 Å². The van der Waals surface area contributed by atoms with Gasteiger partial charge in [-0.1, -0.05) is 13.0 Å². The first-order valence-corrected chi connectivity index (χ1v) is 7.39. The first kappa shape index (κ1) is 16.7. The summed E-state index contributed by atoms with van der Waals surface area (Å²) in [4.78, 5) is 25.5. The summed E-state index contributed by atoms with van der Waals surface area (Å²) in [5, 5.41) is 3.15. The van der Waals surface area contributed by atoms with Crippen LogP contribution in [0.15, 0.2) is 11.6 Å². The molecule has 1 amide bonds. The molecule has 1 heterocycles. The van der Waals surface area contributed by atoms with Crippen LogP contribution in [0, 0.1) is 0 Å². The maximum Gasteiger partial charge on any atom is 0.333 e. The monoisotopic (exact) mass is 282 g/mol. The molecular weight excluding hydrogens is 256 g/mol. The van der Waals surface area contributed by atoms with Crippen LogP contribution in [-0.2, 0) is 14.3 Å². The lowest BCUT2D eigenvalue weighted by molar-refractivity contribution is -0.136. The Bertz CT molecular complexity index is 360. The second-order valence-corrected chi connectivity index (χ2v) is 5.09. The van der Waals surface area contributed by atoms with Gasteiger partial charge in [-0.25, -0.2) is 4.79 Å². The Hall–Kier alpha value is -1.36. The SMILES string of the molecule is CCC(=CCNC(C)C(=O)N1CCCCC1)C(=O)OC. The lowest BCUT2D eigenvalue weighted by Gasteiger charge is -2.29. The van der Waals surface area contributed by atoms with Crippen LogP contribution < -0.4 is 5.32 Å². The van der Waals surface area contributed by atoms with E-state index in [1.165, 1.54) is 13.5 Å². The zero-order valence-electron chi connectivity index (χ0n) is 12.8. The third-order valence-electron chi connectivity index (χ3n) is 3.64. The summed E-state index contributed by atoms with van der Waals surface area (Å²) in [6.45, 7) is 6.00. The second-order valence-electron chi connectivity index (χ2n) is 5.09. The minimum atomic E-state index is -0.302. The van der Waals surface area contributed by atoms with Crippen LogP contribution in [0.5, 0.6) is 0 Å². The number of methoxy groups -OCH3 is 1. The molecule has 1 fully saturated rings. The molecule has 5 heteroatoms. The number of carbonyl (C=O) groups is 2. The Labute approximate surface area is 121 Å². The van der Waals surface area contributed by atoms with Crippen molar-refractivity contribution >= 4 is 11.9 Å². The number of ether oxygens (including phenoxy) is 1. The predicted molar refractivity (Wildman–Crippen MR) is 78.3 cm³/mol. The highest BCUT2D eigenvalue weighted by molar-refractivity contribution is 5.88. The molecule has 1 aliphatic rings. The number of nitrogens with one attached hydrogen (secondary N) is 1. The smallest absolute Gasteiger partial charge is 0.333 e. The molecule has 0 spiro atoms. The predicted octanol–water partition coefficient (Wildman–Crippen LogP) is 1.49. The lowest BCUT2D eigenvalue weighted by Crippen LogP contribution is -2.46. The van der Waals surface area contributed by atoms with Crippen molar-refractivity contribution in [3.63, 3.8) is 0 Å². The van der Waals surface area contributed by atoms with Crippen LogP contribution in [0.25, 0.3) is 0 Å². The van der Waals surface area contributed by atoms with E-state index in [0.717, 1.165) is 25.9 Å². The highest BCUT2D eigenvalue weighted by Gasteiger charge is 2.21. The molecule has 1 unspecified atom stereocenters. The molecule has 0 aromatic carbocycles. The van der Waals surface area contributed by atoms with Crippen molar-refractivity contribution in [3.8, 4) is 0 Å². The Morgan fingerprint density at radius 2 is 1.95 bits per heavy atom. The first-order valence-electron chi connectivity index (χ1n) is 7.39. The fourth-order valence-corrected chi connectivity index (χ4v) is 2.34. The Morgan fingerprint density at radius 3 is 2.50 bits per heavy atom. The minimum absolute atomic E-state index is 0.147. The molecule has 0 bridgehead atoms. The molecular formula is C15H26N2O3. The second kappa shape index (κ2) is 8.74. The summed E-state index contributed by atoms with van der Waals surface area (Å²) in [7, 11) is 1.38. The molecule has 1 aliphatic heterocycles. The summed E-state index contributed by atoms with van der Waals surface area (Å²) in [6.07, 6.45) is 5.84. The summed E-state index contributed by atoms with van der Waals surface area (Å²) in [5.41, 5.74) is 0.637. The van der Waals surface area contributed by atoms with E-state index < -0.39 is 0 Å². The van der Waals surface area contributed by atoms with Gasteiger partial charge in [0.05, 0.1) is 13.2 Å². The van der Waals surface area contributed by atoms with Gasteiger partial charge in [-0.15, -0.1) is 0 Å². The largest absolute Gasteiger partial charge is 0.466 e. The van der Waals surface area contributed by atoms with E-state index in [1.54, 1.807) is 6.08 Å². The van der Waals surface area contributed by atoms with E-state index in [4.69, 9.17) is 4.74 Å². The fourth-order valence-electron chi connectivity index (χ4n) is 2.34. The average Bonchev–Trinajstić information content (AvgIpc) is 2.50. The highest BCUT2D eigenvalue weighted by Crippen LogP contribution is 2.10. The van der Waals surface area contributed by atoms with Crippen molar-refractivity contribution in [1.29, 1.82) is 0 Å². The molecule has 1 saturated heterocycles. The molecule has 114 valence electrons. The van der Waals surface area contributed by atoms with E-state index in [0.29, 0.717) is 18.5 Å². The van der Waals surface area contributed by atoms with Crippen LogP contribution in [0.4, 0.5) is 0 Å². The number of hydrogen-bond donors (Lipinski definition) is 1. The molecule has 1 atom stereocenters. The molecule has 5 nitrogen and oxygen atoms in total. The molecule has 20 heavy (non-hydrogen) atoms. The van der Waals surface area contributed by atoms with Gasteiger partial charge >= 0.3 is 5.97 Å².